The third-order valence-corrected chi connectivity index (χ3v) is 4.60. The van der Waals surface area contributed by atoms with Crippen LogP contribution in [0, 0.1) is 6.92 Å². The van der Waals surface area contributed by atoms with Crippen molar-refractivity contribution in [2.24, 2.45) is 0 Å². The van der Waals surface area contributed by atoms with Gasteiger partial charge in [0.1, 0.15) is 0 Å². The molecule has 1 heterocycles. The molecule has 2 N–H and O–H groups in total. The van der Waals surface area contributed by atoms with Gasteiger partial charge < -0.3 is 10.4 Å². The third-order valence-electron chi connectivity index (χ3n) is 3.36. The monoisotopic (exact) mass is 251 g/mol. The highest BCUT2D eigenvalue weighted by Gasteiger charge is 2.31. The van der Waals surface area contributed by atoms with E-state index in [1.165, 1.54) is 11.1 Å². The Bertz CT molecular complexity index is 374. The lowest BCUT2D eigenvalue weighted by Gasteiger charge is -2.24. The molecular weight excluding hydrogens is 230 g/mol. The maximum absolute atomic E-state index is 10.3. The molecule has 0 spiro atoms. The number of aliphatic hydroxyl groups is 1. The van der Waals surface area contributed by atoms with Gasteiger partial charge in [-0.15, -0.1) is 0 Å². The second kappa shape index (κ2) is 5.42. The Kier molecular flexibility index (Phi) is 4.13. The summed E-state index contributed by atoms with van der Waals surface area (Å²) < 4.78 is 0. The molecule has 2 unspecified atom stereocenters. The third kappa shape index (κ3) is 3.47. The van der Waals surface area contributed by atoms with Crippen molar-refractivity contribution in [2.75, 3.05) is 18.1 Å². The molecule has 0 amide bonds. The van der Waals surface area contributed by atoms with Crippen LogP contribution in [0.2, 0.25) is 0 Å². The van der Waals surface area contributed by atoms with Gasteiger partial charge >= 0.3 is 0 Å². The van der Waals surface area contributed by atoms with Gasteiger partial charge in [0.05, 0.1) is 5.60 Å². The number of thioether (sulfide) groups is 1. The molecule has 1 aromatic rings. The predicted molar refractivity (Wildman–Crippen MR) is 74.5 cm³/mol. The van der Waals surface area contributed by atoms with Crippen molar-refractivity contribution >= 4 is 11.8 Å². The Morgan fingerprint density at radius 1 is 1.53 bits per heavy atom. The van der Waals surface area contributed by atoms with E-state index < -0.39 is 5.60 Å². The van der Waals surface area contributed by atoms with E-state index in [-0.39, 0.29) is 0 Å². The molecule has 17 heavy (non-hydrogen) atoms. The molecule has 0 radical (unpaired) electrons. The normalized spacial score (nSPS) is 26.1. The predicted octanol–water partition coefficient (Wildman–Crippen LogP) is 2.51. The van der Waals surface area contributed by atoms with E-state index >= 15 is 0 Å². The highest BCUT2D eigenvalue weighted by atomic mass is 32.2. The van der Waals surface area contributed by atoms with Gasteiger partial charge in [-0.25, -0.2) is 0 Å². The van der Waals surface area contributed by atoms with Crippen LogP contribution in [0.5, 0.6) is 0 Å². The van der Waals surface area contributed by atoms with Crippen molar-refractivity contribution in [3.8, 4) is 0 Å². The zero-order valence-electron chi connectivity index (χ0n) is 10.6. The number of rotatable bonds is 4. The SMILES string of the molecule is Cc1cccc(C(C)NCC2(O)CCSC2)c1. The molecular formula is C14H21NOS. The summed E-state index contributed by atoms with van der Waals surface area (Å²) in [6.07, 6.45) is 0.908. The number of benzene rings is 1. The fraction of sp³-hybridized carbons (Fsp3) is 0.571. The van der Waals surface area contributed by atoms with Crippen LogP contribution in [0.1, 0.15) is 30.5 Å². The number of hydrogen-bond acceptors (Lipinski definition) is 3. The van der Waals surface area contributed by atoms with Crippen molar-refractivity contribution < 1.29 is 5.11 Å². The minimum absolute atomic E-state index is 0.296. The molecule has 0 bridgehead atoms. The van der Waals surface area contributed by atoms with E-state index in [4.69, 9.17) is 0 Å². The van der Waals surface area contributed by atoms with Gasteiger partial charge in [-0.1, -0.05) is 29.8 Å². The number of aryl methyl sites for hydroxylation is 1. The van der Waals surface area contributed by atoms with Crippen molar-refractivity contribution in [3.63, 3.8) is 0 Å². The molecule has 3 heteroatoms. The highest BCUT2D eigenvalue weighted by molar-refractivity contribution is 7.99. The minimum atomic E-state index is -0.497. The summed E-state index contributed by atoms with van der Waals surface area (Å²) in [6.45, 7) is 4.95. The van der Waals surface area contributed by atoms with Crippen LogP contribution in [0.25, 0.3) is 0 Å². The fourth-order valence-electron chi connectivity index (χ4n) is 2.14. The molecule has 1 aliphatic heterocycles. The molecule has 0 aliphatic carbocycles. The van der Waals surface area contributed by atoms with Crippen LogP contribution in [0.4, 0.5) is 0 Å². The first-order chi connectivity index (χ1) is 8.09. The molecule has 1 aliphatic rings. The van der Waals surface area contributed by atoms with E-state index in [9.17, 15) is 5.11 Å². The highest BCUT2D eigenvalue weighted by Crippen LogP contribution is 2.27. The van der Waals surface area contributed by atoms with Crippen LogP contribution in [0.15, 0.2) is 24.3 Å². The lowest BCUT2D eigenvalue weighted by Crippen LogP contribution is -2.41. The molecule has 0 saturated carbocycles. The van der Waals surface area contributed by atoms with Crippen LogP contribution < -0.4 is 5.32 Å². The van der Waals surface area contributed by atoms with Crippen LogP contribution in [-0.4, -0.2) is 28.8 Å². The van der Waals surface area contributed by atoms with Crippen LogP contribution in [0.3, 0.4) is 0 Å². The van der Waals surface area contributed by atoms with E-state index in [1.54, 1.807) is 0 Å². The van der Waals surface area contributed by atoms with Crippen LogP contribution >= 0.6 is 11.8 Å². The van der Waals surface area contributed by atoms with Gasteiger partial charge in [0.25, 0.3) is 0 Å². The Balaban J connectivity index is 1.91. The Labute approximate surface area is 108 Å². The summed E-state index contributed by atoms with van der Waals surface area (Å²) in [4.78, 5) is 0. The Morgan fingerprint density at radius 2 is 2.35 bits per heavy atom. The minimum Gasteiger partial charge on any atom is -0.388 e. The fourth-order valence-corrected chi connectivity index (χ4v) is 3.43. The summed E-state index contributed by atoms with van der Waals surface area (Å²) in [6, 6.07) is 8.83. The first-order valence-corrected chi connectivity index (χ1v) is 7.35. The lowest BCUT2D eigenvalue weighted by molar-refractivity contribution is 0.0651. The molecule has 2 atom stereocenters. The molecule has 2 nitrogen and oxygen atoms in total. The summed E-state index contributed by atoms with van der Waals surface area (Å²) in [5.74, 6) is 1.94. The van der Waals surface area contributed by atoms with Crippen molar-refractivity contribution in [1.82, 2.24) is 5.32 Å². The molecule has 2 rings (SSSR count). The first kappa shape index (κ1) is 12.9. The molecule has 94 valence electrons. The van der Waals surface area contributed by atoms with Gasteiger partial charge in [-0.2, -0.15) is 11.8 Å². The molecule has 1 fully saturated rings. The van der Waals surface area contributed by atoms with E-state index in [0.717, 1.165) is 17.9 Å². The van der Waals surface area contributed by atoms with E-state index in [1.807, 2.05) is 11.8 Å². The van der Waals surface area contributed by atoms with Gasteiger partial charge in [0.15, 0.2) is 0 Å². The van der Waals surface area contributed by atoms with Crippen molar-refractivity contribution in [1.29, 1.82) is 0 Å². The summed E-state index contributed by atoms with van der Waals surface area (Å²) in [7, 11) is 0. The zero-order valence-corrected chi connectivity index (χ0v) is 11.4. The maximum Gasteiger partial charge on any atom is 0.0869 e. The topological polar surface area (TPSA) is 32.3 Å². The average Bonchev–Trinajstić information content (AvgIpc) is 2.74. The molecule has 0 aromatic heterocycles. The van der Waals surface area contributed by atoms with Crippen LogP contribution in [-0.2, 0) is 0 Å². The maximum atomic E-state index is 10.3. The summed E-state index contributed by atoms with van der Waals surface area (Å²) in [5, 5.41) is 13.7. The van der Waals surface area contributed by atoms with Gasteiger partial charge in [-0.05, 0) is 31.6 Å². The number of nitrogens with one attached hydrogen (secondary N) is 1. The van der Waals surface area contributed by atoms with E-state index in [0.29, 0.717) is 12.6 Å². The number of hydrogen-bond donors (Lipinski definition) is 2. The van der Waals surface area contributed by atoms with E-state index in [2.05, 4.69) is 43.4 Å². The lowest BCUT2D eigenvalue weighted by atomic mass is 10.0. The molecule has 1 saturated heterocycles. The summed E-state index contributed by atoms with van der Waals surface area (Å²) >= 11 is 1.84. The second-order valence-electron chi connectivity index (χ2n) is 5.04. The standard InChI is InChI=1S/C14H21NOS/c1-11-4-3-5-13(8-11)12(2)15-9-14(16)6-7-17-10-14/h3-5,8,12,15-16H,6-7,9-10H2,1-2H3. The second-order valence-corrected chi connectivity index (χ2v) is 6.15. The quantitative estimate of drug-likeness (QED) is 0.862. The smallest absolute Gasteiger partial charge is 0.0869 e. The molecule has 1 aromatic carbocycles. The summed E-state index contributed by atoms with van der Waals surface area (Å²) in [5.41, 5.74) is 2.08. The average molecular weight is 251 g/mol. The van der Waals surface area contributed by atoms with Gasteiger partial charge in [0.2, 0.25) is 0 Å². The zero-order chi connectivity index (χ0) is 12.3. The van der Waals surface area contributed by atoms with Gasteiger partial charge in [0, 0.05) is 18.3 Å². The van der Waals surface area contributed by atoms with Crippen molar-refractivity contribution in [2.45, 2.75) is 31.9 Å². The Morgan fingerprint density at radius 3 is 3.00 bits per heavy atom. The van der Waals surface area contributed by atoms with Gasteiger partial charge in [-0.3, -0.25) is 0 Å². The largest absolute Gasteiger partial charge is 0.388 e. The first-order valence-electron chi connectivity index (χ1n) is 6.19. The van der Waals surface area contributed by atoms with Crippen molar-refractivity contribution in [3.05, 3.63) is 35.4 Å². The Hall–Kier alpha value is -0.510.